The Morgan fingerprint density at radius 1 is 1.24 bits per heavy atom. The summed E-state index contributed by atoms with van der Waals surface area (Å²) in [6, 6.07) is 3.86. The van der Waals surface area contributed by atoms with E-state index < -0.39 is 0 Å². The molecule has 2 N–H and O–H groups in total. The highest BCUT2D eigenvalue weighted by atomic mass is 16.2. The normalized spacial score (nSPS) is 19.4. The molecule has 1 fully saturated rings. The summed E-state index contributed by atoms with van der Waals surface area (Å²) in [7, 11) is 0. The minimum absolute atomic E-state index is 0.149. The van der Waals surface area contributed by atoms with Gasteiger partial charge in [-0.2, -0.15) is 0 Å². The molecule has 116 valence electrons. The van der Waals surface area contributed by atoms with Crippen molar-refractivity contribution in [1.82, 2.24) is 4.90 Å². The second-order valence-electron chi connectivity index (χ2n) is 6.40. The zero-order valence-electron chi connectivity index (χ0n) is 13.6. The third-order valence-corrected chi connectivity index (χ3v) is 4.68. The van der Waals surface area contributed by atoms with E-state index in [0.29, 0.717) is 5.69 Å². The van der Waals surface area contributed by atoms with Crippen molar-refractivity contribution < 1.29 is 4.79 Å². The maximum atomic E-state index is 12.8. The zero-order chi connectivity index (χ0) is 15.4. The molecule has 0 bridgehead atoms. The number of anilines is 1. The zero-order valence-corrected chi connectivity index (χ0v) is 13.6. The standard InChI is InChI=1S/C18H28N2O/c1-4-6-15-7-5-9-20(10-8-15)18(21)16-12-17(19)14(3)11-13(16)2/h11-12,15H,4-10,19H2,1-3H3. The first-order chi connectivity index (χ1) is 10.0. The molecule has 1 aromatic carbocycles. The minimum Gasteiger partial charge on any atom is -0.398 e. The lowest BCUT2D eigenvalue weighted by Crippen LogP contribution is -2.32. The molecule has 1 aliphatic heterocycles. The maximum Gasteiger partial charge on any atom is 0.254 e. The average Bonchev–Trinajstić information content (AvgIpc) is 2.68. The van der Waals surface area contributed by atoms with Gasteiger partial charge in [-0.25, -0.2) is 0 Å². The van der Waals surface area contributed by atoms with Crippen LogP contribution < -0.4 is 5.73 Å². The van der Waals surface area contributed by atoms with Gasteiger partial charge in [0.15, 0.2) is 0 Å². The van der Waals surface area contributed by atoms with Crippen molar-refractivity contribution in [2.75, 3.05) is 18.8 Å². The molecular formula is C18H28N2O. The molecule has 0 saturated carbocycles. The van der Waals surface area contributed by atoms with Crippen LogP contribution in [0.4, 0.5) is 5.69 Å². The molecule has 1 saturated heterocycles. The average molecular weight is 288 g/mol. The fourth-order valence-corrected chi connectivity index (χ4v) is 3.34. The molecule has 1 aliphatic rings. The van der Waals surface area contributed by atoms with Gasteiger partial charge in [-0.1, -0.05) is 25.8 Å². The summed E-state index contributed by atoms with van der Waals surface area (Å²) in [5.41, 5.74) is 9.53. The predicted molar refractivity (Wildman–Crippen MR) is 88.5 cm³/mol. The van der Waals surface area contributed by atoms with E-state index in [-0.39, 0.29) is 5.91 Å². The van der Waals surface area contributed by atoms with Gasteiger partial charge in [0.1, 0.15) is 0 Å². The third-order valence-electron chi connectivity index (χ3n) is 4.68. The molecule has 1 heterocycles. The fourth-order valence-electron chi connectivity index (χ4n) is 3.34. The third kappa shape index (κ3) is 3.78. The summed E-state index contributed by atoms with van der Waals surface area (Å²) in [6.45, 7) is 7.99. The van der Waals surface area contributed by atoms with Crippen LogP contribution in [0.15, 0.2) is 12.1 Å². The summed E-state index contributed by atoms with van der Waals surface area (Å²) >= 11 is 0. The van der Waals surface area contributed by atoms with E-state index in [0.717, 1.165) is 48.5 Å². The van der Waals surface area contributed by atoms with Gasteiger partial charge >= 0.3 is 0 Å². The molecule has 0 aliphatic carbocycles. The molecule has 1 aromatic rings. The first-order valence-corrected chi connectivity index (χ1v) is 8.19. The number of carbonyl (C=O) groups is 1. The van der Waals surface area contributed by atoms with Crippen molar-refractivity contribution in [2.24, 2.45) is 5.92 Å². The Labute approximate surface area is 128 Å². The summed E-state index contributed by atoms with van der Waals surface area (Å²) in [6.07, 6.45) is 6.05. The Kier molecular flexibility index (Phi) is 5.27. The van der Waals surface area contributed by atoms with Gasteiger partial charge < -0.3 is 10.6 Å². The first-order valence-electron chi connectivity index (χ1n) is 8.19. The van der Waals surface area contributed by atoms with E-state index in [1.807, 2.05) is 30.9 Å². The molecule has 0 aromatic heterocycles. The van der Waals surface area contributed by atoms with Crippen molar-refractivity contribution in [3.8, 4) is 0 Å². The number of aryl methyl sites for hydroxylation is 2. The Morgan fingerprint density at radius 2 is 2.00 bits per heavy atom. The SMILES string of the molecule is CCCC1CCCN(C(=O)c2cc(N)c(C)cc2C)CC1. The molecule has 0 radical (unpaired) electrons. The van der Waals surface area contributed by atoms with Gasteiger partial charge in [-0.05, 0) is 56.2 Å². The van der Waals surface area contributed by atoms with Crippen LogP contribution in [0.3, 0.4) is 0 Å². The predicted octanol–water partition coefficient (Wildman–Crippen LogP) is 3.93. The molecule has 1 amide bonds. The molecule has 21 heavy (non-hydrogen) atoms. The van der Waals surface area contributed by atoms with Gasteiger partial charge in [-0.3, -0.25) is 4.79 Å². The highest BCUT2D eigenvalue weighted by Gasteiger charge is 2.22. The molecular weight excluding hydrogens is 260 g/mol. The molecule has 1 unspecified atom stereocenters. The van der Waals surface area contributed by atoms with Gasteiger partial charge in [-0.15, -0.1) is 0 Å². The molecule has 1 atom stereocenters. The number of nitrogen functional groups attached to an aromatic ring is 1. The van der Waals surface area contributed by atoms with Crippen LogP contribution in [0.5, 0.6) is 0 Å². The number of likely N-dealkylation sites (tertiary alicyclic amines) is 1. The van der Waals surface area contributed by atoms with Crippen molar-refractivity contribution in [1.29, 1.82) is 0 Å². The van der Waals surface area contributed by atoms with Gasteiger partial charge in [0.05, 0.1) is 0 Å². The van der Waals surface area contributed by atoms with E-state index in [1.165, 1.54) is 19.3 Å². The van der Waals surface area contributed by atoms with Crippen LogP contribution in [-0.2, 0) is 0 Å². The van der Waals surface area contributed by atoms with E-state index in [9.17, 15) is 4.79 Å². The van der Waals surface area contributed by atoms with Gasteiger partial charge in [0.2, 0.25) is 0 Å². The first kappa shape index (κ1) is 15.9. The number of benzene rings is 1. The lowest BCUT2D eigenvalue weighted by atomic mass is 9.96. The highest BCUT2D eigenvalue weighted by molar-refractivity contribution is 5.96. The number of nitrogens with two attached hydrogens (primary N) is 1. The second kappa shape index (κ2) is 6.97. The summed E-state index contributed by atoms with van der Waals surface area (Å²) in [4.78, 5) is 14.8. The van der Waals surface area contributed by atoms with E-state index in [2.05, 4.69) is 6.92 Å². The van der Waals surface area contributed by atoms with Crippen LogP contribution >= 0.6 is 0 Å². The quantitative estimate of drug-likeness (QED) is 0.857. The van der Waals surface area contributed by atoms with Gasteiger partial charge in [0.25, 0.3) is 5.91 Å². The van der Waals surface area contributed by atoms with Crippen LogP contribution in [-0.4, -0.2) is 23.9 Å². The summed E-state index contributed by atoms with van der Waals surface area (Å²) in [5, 5.41) is 0. The number of carbonyl (C=O) groups excluding carboxylic acids is 1. The van der Waals surface area contributed by atoms with Crippen LogP contribution in [0.1, 0.15) is 60.5 Å². The van der Waals surface area contributed by atoms with Crippen LogP contribution in [0.2, 0.25) is 0 Å². The van der Waals surface area contributed by atoms with Crippen molar-refractivity contribution in [3.63, 3.8) is 0 Å². The van der Waals surface area contributed by atoms with Gasteiger partial charge in [0, 0.05) is 24.3 Å². The number of amides is 1. The number of hydrogen-bond acceptors (Lipinski definition) is 2. The smallest absolute Gasteiger partial charge is 0.254 e. The highest BCUT2D eigenvalue weighted by Crippen LogP contribution is 2.24. The molecule has 3 nitrogen and oxygen atoms in total. The minimum atomic E-state index is 0.149. The molecule has 0 spiro atoms. The van der Waals surface area contributed by atoms with Crippen LogP contribution in [0, 0.1) is 19.8 Å². The summed E-state index contributed by atoms with van der Waals surface area (Å²) in [5.74, 6) is 0.938. The van der Waals surface area contributed by atoms with E-state index >= 15 is 0 Å². The lowest BCUT2D eigenvalue weighted by Gasteiger charge is -2.22. The van der Waals surface area contributed by atoms with E-state index in [4.69, 9.17) is 5.73 Å². The number of nitrogens with zero attached hydrogens (tertiary/aromatic N) is 1. The second-order valence-corrected chi connectivity index (χ2v) is 6.40. The molecule has 2 rings (SSSR count). The number of rotatable bonds is 3. The molecule has 3 heteroatoms. The van der Waals surface area contributed by atoms with Crippen LogP contribution in [0.25, 0.3) is 0 Å². The van der Waals surface area contributed by atoms with E-state index in [1.54, 1.807) is 0 Å². The maximum absolute atomic E-state index is 12.8. The Bertz CT molecular complexity index is 510. The Hall–Kier alpha value is -1.51. The van der Waals surface area contributed by atoms with Crippen molar-refractivity contribution >= 4 is 11.6 Å². The number of hydrogen-bond donors (Lipinski definition) is 1. The lowest BCUT2D eigenvalue weighted by molar-refractivity contribution is 0.0759. The Morgan fingerprint density at radius 3 is 2.71 bits per heavy atom. The largest absolute Gasteiger partial charge is 0.398 e. The summed E-state index contributed by atoms with van der Waals surface area (Å²) < 4.78 is 0. The van der Waals surface area contributed by atoms with Crippen molar-refractivity contribution in [2.45, 2.75) is 52.9 Å². The monoisotopic (exact) mass is 288 g/mol. The topological polar surface area (TPSA) is 46.3 Å². The Balaban J connectivity index is 2.11. The fraction of sp³-hybridized carbons (Fsp3) is 0.611. The van der Waals surface area contributed by atoms with Crippen molar-refractivity contribution in [3.05, 3.63) is 28.8 Å².